The zero-order valence-electron chi connectivity index (χ0n) is 17.1. The molecule has 7 nitrogen and oxygen atoms in total. The van der Waals surface area contributed by atoms with E-state index in [-0.39, 0.29) is 43.1 Å². The van der Waals surface area contributed by atoms with Gasteiger partial charge in [0.05, 0.1) is 0 Å². The molecule has 2 aliphatic rings. The van der Waals surface area contributed by atoms with Crippen LogP contribution in [-0.4, -0.2) is 73.1 Å². The summed E-state index contributed by atoms with van der Waals surface area (Å²) in [5, 5.41) is 6.54. The van der Waals surface area contributed by atoms with E-state index in [0.717, 1.165) is 58.3 Å². The van der Waals surface area contributed by atoms with Gasteiger partial charge in [0, 0.05) is 58.1 Å². The fourth-order valence-electron chi connectivity index (χ4n) is 3.88. The van der Waals surface area contributed by atoms with Crippen molar-refractivity contribution in [2.45, 2.75) is 26.2 Å². The molecule has 2 aliphatic heterocycles. The molecule has 1 amide bonds. The SMILES string of the molecule is CC(CC(=O)NCCN1CCN(c2ncccn2)CC1)C1CCCNC1.Cl.Cl.Cl. The predicted octanol–water partition coefficient (Wildman–Crippen LogP) is 2.01. The minimum Gasteiger partial charge on any atom is -0.355 e. The lowest BCUT2D eigenvalue weighted by atomic mass is 9.85. The molecule has 1 aromatic heterocycles. The molecule has 0 radical (unpaired) electrons. The monoisotopic (exact) mass is 468 g/mol. The number of nitrogens with zero attached hydrogens (tertiary/aromatic N) is 4. The topological polar surface area (TPSA) is 73.4 Å². The molecule has 1 aromatic rings. The molecule has 0 aromatic carbocycles. The fraction of sp³-hybridized carbons (Fsp3) is 0.737. The molecule has 10 heteroatoms. The Hall–Kier alpha value is -0.860. The van der Waals surface area contributed by atoms with Crippen LogP contribution in [0.15, 0.2) is 18.5 Å². The third-order valence-corrected chi connectivity index (χ3v) is 5.60. The third kappa shape index (κ3) is 9.22. The normalized spacial score (nSPS) is 20.4. The van der Waals surface area contributed by atoms with E-state index in [1.165, 1.54) is 12.8 Å². The minimum absolute atomic E-state index is 0. The Morgan fingerprint density at radius 1 is 1.21 bits per heavy atom. The van der Waals surface area contributed by atoms with Crippen LogP contribution in [0.4, 0.5) is 5.95 Å². The number of anilines is 1. The van der Waals surface area contributed by atoms with Crippen molar-refractivity contribution in [3.05, 3.63) is 18.5 Å². The lowest BCUT2D eigenvalue weighted by Gasteiger charge is -2.34. The summed E-state index contributed by atoms with van der Waals surface area (Å²) in [4.78, 5) is 25.4. The number of carbonyl (C=O) groups is 1. The first-order valence-corrected chi connectivity index (χ1v) is 9.94. The molecule has 0 bridgehead atoms. The Morgan fingerprint density at radius 3 is 2.52 bits per heavy atom. The molecule has 2 saturated heterocycles. The maximum atomic E-state index is 12.2. The number of carbonyl (C=O) groups excluding carboxylic acids is 1. The highest BCUT2D eigenvalue weighted by molar-refractivity contribution is 5.86. The summed E-state index contributed by atoms with van der Waals surface area (Å²) in [6.07, 6.45) is 6.70. The first-order valence-electron chi connectivity index (χ1n) is 9.94. The number of piperazine rings is 1. The van der Waals surface area contributed by atoms with E-state index in [2.05, 4.69) is 37.3 Å². The standard InChI is InChI=1S/C19H32N6O.3ClH/c1-16(17-4-2-5-20-15-17)14-18(26)21-8-9-24-10-12-25(13-11-24)19-22-6-3-7-23-19;;;/h3,6-7,16-17,20H,2,4-5,8-15H2,1H3,(H,21,26);3*1H. The lowest BCUT2D eigenvalue weighted by Crippen LogP contribution is -2.49. The summed E-state index contributed by atoms with van der Waals surface area (Å²) in [5.74, 6) is 2.10. The predicted molar refractivity (Wildman–Crippen MR) is 125 cm³/mol. The number of hydrogen-bond acceptors (Lipinski definition) is 6. The van der Waals surface area contributed by atoms with Crippen molar-refractivity contribution >= 4 is 49.1 Å². The molecule has 3 heterocycles. The molecule has 0 aliphatic carbocycles. The van der Waals surface area contributed by atoms with Crippen LogP contribution >= 0.6 is 37.2 Å². The molecular formula is C19H35Cl3N6O. The average Bonchev–Trinajstić information content (AvgIpc) is 2.70. The van der Waals surface area contributed by atoms with Crippen LogP contribution in [0.2, 0.25) is 0 Å². The van der Waals surface area contributed by atoms with Gasteiger partial charge >= 0.3 is 0 Å². The summed E-state index contributed by atoms with van der Waals surface area (Å²) in [5.41, 5.74) is 0. The third-order valence-electron chi connectivity index (χ3n) is 5.60. The second kappa shape index (κ2) is 15.0. The number of piperidine rings is 1. The van der Waals surface area contributed by atoms with Crippen molar-refractivity contribution in [2.24, 2.45) is 11.8 Å². The minimum atomic E-state index is 0. The average molecular weight is 470 g/mol. The van der Waals surface area contributed by atoms with E-state index in [1.807, 2.05) is 6.07 Å². The van der Waals surface area contributed by atoms with Crippen molar-refractivity contribution < 1.29 is 4.79 Å². The van der Waals surface area contributed by atoms with E-state index in [0.29, 0.717) is 18.3 Å². The second-order valence-electron chi connectivity index (χ2n) is 7.52. The van der Waals surface area contributed by atoms with Crippen LogP contribution in [-0.2, 0) is 4.79 Å². The number of amides is 1. The molecule has 2 N–H and O–H groups in total. The van der Waals surface area contributed by atoms with Gasteiger partial charge in [-0.3, -0.25) is 9.69 Å². The van der Waals surface area contributed by atoms with E-state index in [9.17, 15) is 4.79 Å². The van der Waals surface area contributed by atoms with Crippen LogP contribution in [0.5, 0.6) is 0 Å². The van der Waals surface area contributed by atoms with Crippen molar-refractivity contribution in [3.63, 3.8) is 0 Å². The van der Waals surface area contributed by atoms with Gasteiger partial charge in [0.15, 0.2) is 0 Å². The summed E-state index contributed by atoms with van der Waals surface area (Å²) >= 11 is 0. The van der Waals surface area contributed by atoms with Crippen LogP contribution < -0.4 is 15.5 Å². The van der Waals surface area contributed by atoms with Gasteiger partial charge < -0.3 is 15.5 Å². The molecular weight excluding hydrogens is 435 g/mol. The highest BCUT2D eigenvalue weighted by atomic mass is 35.5. The Morgan fingerprint density at radius 2 is 1.90 bits per heavy atom. The Labute approximate surface area is 193 Å². The first kappa shape index (κ1) is 28.1. The second-order valence-corrected chi connectivity index (χ2v) is 7.52. The Balaban J connectivity index is 0.00000261. The van der Waals surface area contributed by atoms with E-state index >= 15 is 0 Å². The van der Waals surface area contributed by atoms with Crippen LogP contribution in [0, 0.1) is 11.8 Å². The van der Waals surface area contributed by atoms with Gasteiger partial charge in [-0.25, -0.2) is 9.97 Å². The number of halogens is 3. The maximum absolute atomic E-state index is 12.2. The van der Waals surface area contributed by atoms with Gasteiger partial charge in [0.1, 0.15) is 0 Å². The van der Waals surface area contributed by atoms with Gasteiger partial charge in [-0.1, -0.05) is 6.92 Å². The molecule has 29 heavy (non-hydrogen) atoms. The van der Waals surface area contributed by atoms with Gasteiger partial charge in [-0.05, 0) is 43.8 Å². The number of rotatable bonds is 7. The molecule has 2 fully saturated rings. The zero-order chi connectivity index (χ0) is 18.2. The van der Waals surface area contributed by atoms with Crippen molar-refractivity contribution in [1.29, 1.82) is 0 Å². The number of nitrogens with one attached hydrogen (secondary N) is 2. The number of aromatic nitrogens is 2. The van der Waals surface area contributed by atoms with Gasteiger partial charge in [0.2, 0.25) is 11.9 Å². The first-order chi connectivity index (χ1) is 12.7. The molecule has 0 saturated carbocycles. The van der Waals surface area contributed by atoms with Gasteiger partial charge in [-0.2, -0.15) is 0 Å². The maximum Gasteiger partial charge on any atom is 0.225 e. The van der Waals surface area contributed by atoms with Crippen LogP contribution in [0.3, 0.4) is 0 Å². The quantitative estimate of drug-likeness (QED) is 0.636. The Bertz CT molecular complexity index is 554. The smallest absolute Gasteiger partial charge is 0.225 e. The van der Waals surface area contributed by atoms with E-state index in [1.54, 1.807) is 12.4 Å². The molecule has 168 valence electrons. The van der Waals surface area contributed by atoms with E-state index in [4.69, 9.17) is 0 Å². The summed E-state index contributed by atoms with van der Waals surface area (Å²) in [6.45, 7) is 9.87. The summed E-state index contributed by atoms with van der Waals surface area (Å²) < 4.78 is 0. The van der Waals surface area contributed by atoms with Crippen molar-refractivity contribution in [2.75, 3.05) is 57.3 Å². The van der Waals surface area contributed by atoms with E-state index < -0.39 is 0 Å². The largest absolute Gasteiger partial charge is 0.355 e. The highest BCUT2D eigenvalue weighted by Gasteiger charge is 2.22. The summed E-state index contributed by atoms with van der Waals surface area (Å²) in [6, 6.07) is 1.84. The van der Waals surface area contributed by atoms with Gasteiger partial charge in [-0.15, -0.1) is 37.2 Å². The molecule has 0 spiro atoms. The number of hydrogen-bond donors (Lipinski definition) is 2. The molecule has 2 unspecified atom stereocenters. The van der Waals surface area contributed by atoms with Crippen LogP contribution in [0.1, 0.15) is 26.2 Å². The summed E-state index contributed by atoms with van der Waals surface area (Å²) in [7, 11) is 0. The van der Waals surface area contributed by atoms with Crippen molar-refractivity contribution in [3.8, 4) is 0 Å². The fourth-order valence-corrected chi connectivity index (χ4v) is 3.88. The Kier molecular flexibility index (Phi) is 14.6. The zero-order valence-corrected chi connectivity index (χ0v) is 19.5. The highest BCUT2D eigenvalue weighted by Crippen LogP contribution is 2.22. The molecule has 3 rings (SSSR count). The lowest BCUT2D eigenvalue weighted by molar-refractivity contribution is -0.122. The van der Waals surface area contributed by atoms with Crippen molar-refractivity contribution in [1.82, 2.24) is 25.5 Å². The van der Waals surface area contributed by atoms with Gasteiger partial charge in [0.25, 0.3) is 0 Å². The van der Waals surface area contributed by atoms with Crippen LogP contribution in [0.25, 0.3) is 0 Å². The molecule has 2 atom stereocenters.